The van der Waals surface area contributed by atoms with Gasteiger partial charge in [0.05, 0.1) is 13.7 Å². The summed E-state index contributed by atoms with van der Waals surface area (Å²) in [6.45, 7) is 3.34. The SMILES string of the molecule is C=CC(=O)OCCOCC(=O)OC. The molecule has 0 saturated heterocycles. The average molecular weight is 188 g/mol. The summed E-state index contributed by atoms with van der Waals surface area (Å²) in [6.07, 6.45) is 1.06. The van der Waals surface area contributed by atoms with Gasteiger partial charge < -0.3 is 14.2 Å². The number of ether oxygens (including phenoxy) is 3. The van der Waals surface area contributed by atoms with Crippen molar-refractivity contribution in [3.8, 4) is 0 Å². The predicted octanol–water partition coefficient (Wildman–Crippen LogP) is -0.0948. The van der Waals surface area contributed by atoms with E-state index in [1.807, 2.05) is 0 Å². The Labute approximate surface area is 76.3 Å². The van der Waals surface area contributed by atoms with Crippen molar-refractivity contribution in [2.75, 3.05) is 26.9 Å². The van der Waals surface area contributed by atoms with Gasteiger partial charge in [0.1, 0.15) is 13.2 Å². The van der Waals surface area contributed by atoms with Crippen LogP contribution in [-0.4, -0.2) is 38.9 Å². The standard InChI is InChI=1S/C8H12O5/c1-3-7(9)13-5-4-12-6-8(10)11-2/h3H,1,4-6H2,2H3. The molecule has 0 N–H and O–H groups in total. The Hall–Kier alpha value is -1.36. The van der Waals surface area contributed by atoms with E-state index in [9.17, 15) is 9.59 Å². The average Bonchev–Trinajstić information content (AvgIpc) is 2.16. The molecule has 0 aliphatic rings. The van der Waals surface area contributed by atoms with Crippen molar-refractivity contribution in [2.24, 2.45) is 0 Å². The van der Waals surface area contributed by atoms with E-state index in [2.05, 4.69) is 16.1 Å². The molecule has 0 heterocycles. The first-order valence-electron chi connectivity index (χ1n) is 3.64. The molecule has 74 valence electrons. The lowest BCUT2D eigenvalue weighted by Gasteiger charge is -2.02. The molecule has 0 aromatic carbocycles. The largest absolute Gasteiger partial charge is 0.467 e. The fourth-order valence-electron chi connectivity index (χ4n) is 0.475. The number of rotatable bonds is 6. The third-order valence-electron chi connectivity index (χ3n) is 1.09. The molecule has 0 amide bonds. The van der Waals surface area contributed by atoms with E-state index in [-0.39, 0.29) is 19.8 Å². The molecule has 0 unspecified atom stereocenters. The molecule has 0 aromatic rings. The van der Waals surface area contributed by atoms with Gasteiger partial charge in [-0.05, 0) is 0 Å². The molecule has 5 heteroatoms. The molecule has 0 spiro atoms. The summed E-state index contributed by atoms with van der Waals surface area (Å²) in [6, 6.07) is 0. The van der Waals surface area contributed by atoms with Crippen LogP contribution in [0.4, 0.5) is 0 Å². The van der Waals surface area contributed by atoms with E-state index in [0.717, 1.165) is 6.08 Å². The van der Waals surface area contributed by atoms with Crippen molar-refractivity contribution in [3.63, 3.8) is 0 Å². The Bertz CT molecular complexity index is 187. The first-order valence-corrected chi connectivity index (χ1v) is 3.64. The summed E-state index contributed by atoms with van der Waals surface area (Å²) in [5.74, 6) is -0.975. The third-order valence-corrected chi connectivity index (χ3v) is 1.09. The molecule has 0 bridgehead atoms. The quantitative estimate of drug-likeness (QED) is 0.331. The molecule has 0 aliphatic heterocycles. The second-order valence-electron chi connectivity index (χ2n) is 2.00. The highest BCUT2D eigenvalue weighted by molar-refractivity contribution is 5.81. The zero-order chi connectivity index (χ0) is 10.1. The van der Waals surface area contributed by atoms with Crippen LogP contribution >= 0.6 is 0 Å². The Morgan fingerprint density at radius 2 is 2.08 bits per heavy atom. The second-order valence-corrected chi connectivity index (χ2v) is 2.00. The number of esters is 2. The van der Waals surface area contributed by atoms with Gasteiger partial charge in [0.15, 0.2) is 0 Å². The van der Waals surface area contributed by atoms with E-state index in [0.29, 0.717) is 0 Å². The minimum absolute atomic E-state index is 0.0991. The number of carbonyl (C=O) groups excluding carboxylic acids is 2. The van der Waals surface area contributed by atoms with Gasteiger partial charge in [-0.15, -0.1) is 0 Å². The van der Waals surface area contributed by atoms with Crippen molar-refractivity contribution in [1.29, 1.82) is 0 Å². The van der Waals surface area contributed by atoms with Crippen molar-refractivity contribution in [3.05, 3.63) is 12.7 Å². The van der Waals surface area contributed by atoms with Crippen LogP contribution in [0.3, 0.4) is 0 Å². The number of hydrogen-bond acceptors (Lipinski definition) is 5. The van der Waals surface area contributed by atoms with Crippen LogP contribution in [0.25, 0.3) is 0 Å². The Morgan fingerprint density at radius 3 is 2.62 bits per heavy atom. The number of hydrogen-bond donors (Lipinski definition) is 0. The first-order chi connectivity index (χ1) is 6.20. The first kappa shape index (κ1) is 11.6. The smallest absolute Gasteiger partial charge is 0.331 e. The highest BCUT2D eigenvalue weighted by Gasteiger charge is 1.99. The van der Waals surface area contributed by atoms with Crippen LogP contribution in [0.2, 0.25) is 0 Å². The summed E-state index contributed by atoms with van der Waals surface area (Å²) >= 11 is 0. The summed E-state index contributed by atoms with van der Waals surface area (Å²) in [7, 11) is 1.27. The molecular weight excluding hydrogens is 176 g/mol. The van der Waals surface area contributed by atoms with Crippen LogP contribution < -0.4 is 0 Å². The van der Waals surface area contributed by atoms with E-state index in [4.69, 9.17) is 4.74 Å². The van der Waals surface area contributed by atoms with Crippen LogP contribution in [0.1, 0.15) is 0 Å². The number of methoxy groups -OCH3 is 1. The maximum absolute atomic E-state index is 10.5. The van der Waals surface area contributed by atoms with E-state index in [1.54, 1.807) is 0 Å². The van der Waals surface area contributed by atoms with Gasteiger partial charge in [-0.2, -0.15) is 0 Å². The van der Waals surface area contributed by atoms with Gasteiger partial charge in [0.2, 0.25) is 0 Å². The fourth-order valence-corrected chi connectivity index (χ4v) is 0.475. The molecular formula is C8H12O5. The summed E-state index contributed by atoms with van der Waals surface area (Å²) in [5, 5.41) is 0. The lowest BCUT2D eigenvalue weighted by Crippen LogP contribution is -2.14. The summed E-state index contributed by atoms with van der Waals surface area (Å²) in [5.41, 5.74) is 0. The topological polar surface area (TPSA) is 61.8 Å². The molecule has 0 fully saturated rings. The maximum Gasteiger partial charge on any atom is 0.331 e. The summed E-state index contributed by atoms with van der Waals surface area (Å²) in [4.78, 5) is 21.0. The lowest BCUT2D eigenvalue weighted by molar-refractivity contribution is -0.147. The lowest BCUT2D eigenvalue weighted by atomic mass is 10.6. The monoisotopic (exact) mass is 188 g/mol. The molecule has 0 radical (unpaired) electrons. The van der Waals surface area contributed by atoms with Crippen molar-refractivity contribution in [2.45, 2.75) is 0 Å². The fraction of sp³-hybridized carbons (Fsp3) is 0.500. The Kier molecular flexibility index (Phi) is 6.53. The van der Waals surface area contributed by atoms with Crippen molar-refractivity contribution >= 4 is 11.9 Å². The third kappa shape index (κ3) is 7.02. The zero-order valence-corrected chi connectivity index (χ0v) is 7.45. The molecule has 0 aliphatic carbocycles. The van der Waals surface area contributed by atoms with Gasteiger partial charge in [-0.3, -0.25) is 0 Å². The van der Waals surface area contributed by atoms with Gasteiger partial charge in [0.25, 0.3) is 0 Å². The van der Waals surface area contributed by atoms with Gasteiger partial charge in [0, 0.05) is 6.08 Å². The van der Waals surface area contributed by atoms with E-state index in [1.165, 1.54) is 7.11 Å². The van der Waals surface area contributed by atoms with Gasteiger partial charge in [-0.1, -0.05) is 6.58 Å². The molecule has 0 atom stereocenters. The van der Waals surface area contributed by atoms with Gasteiger partial charge >= 0.3 is 11.9 Å². The highest BCUT2D eigenvalue weighted by atomic mass is 16.6. The van der Waals surface area contributed by atoms with Crippen LogP contribution in [0.15, 0.2) is 12.7 Å². The Balaban J connectivity index is 3.21. The van der Waals surface area contributed by atoms with E-state index >= 15 is 0 Å². The van der Waals surface area contributed by atoms with Crippen LogP contribution in [0.5, 0.6) is 0 Å². The minimum Gasteiger partial charge on any atom is -0.467 e. The van der Waals surface area contributed by atoms with Gasteiger partial charge in [-0.25, -0.2) is 9.59 Å². The normalized spacial score (nSPS) is 9.00. The van der Waals surface area contributed by atoms with Crippen LogP contribution in [-0.2, 0) is 23.8 Å². The Morgan fingerprint density at radius 1 is 1.38 bits per heavy atom. The van der Waals surface area contributed by atoms with Crippen molar-refractivity contribution in [1.82, 2.24) is 0 Å². The van der Waals surface area contributed by atoms with Crippen LogP contribution in [0, 0.1) is 0 Å². The molecule has 5 nitrogen and oxygen atoms in total. The highest BCUT2D eigenvalue weighted by Crippen LogP contribution is 1.82. The zero-order valence-electron chi connectivity index (χ0n) is 7.45. The second kappa shape index (κ2) is 7.30. The maximum atomic E-state index is 10.5. The predicted molar refractivity (Wildman–Crippen MR) is 44.0 cm³/mol. The van der Waals surface area contributed by atoms with E-state index < -0.39 is 11.9 Å². The molecule has 0 rings (SSSR count). The number of carbonyl (C=O) groups is 2. The molecule has 0 saturated carbocycles. The van der Waals surface area contributed by atoms with Crippen molar-refractivity contribution < 1.29 is 23.8 Å². The minimum atomic E-state index is -0.512. The molecule has 13 heavy (non-hydrogen) atoms. The summed E-state index contributed by atoms with van der Waals surface area (Å²) < 4.78 is 13.7. The molecule has 0 aromatic heterocycles.